The molecule has 26 heavy (non-hydrogen) atoms. The number of aliphatic hydroxyl groups excluding tert-OH is 1. The lowest BCUT2D eigenvalue weighted by Crippen LogP contribution is -2.57. The highest BCUT2D eigenvalue weighted by molar-refractivity contribution is 5.76. The first-order chi connectivity index (χ1) is 12.4. The standard InChI is InChI=1S/C19H24FN3O3/c1-14-5-8-23(21-14)10-9-22-7-6-17(24)19(13-22,18(25)26)12-15-3-2-4-16(20)11-15/h2-5,8,11,17,24H,6-7,9-10,12-13H2,1H3,(H,25,26)/t17-,19-/m1/s1. The first-order valence-corrected chi connectivity index (χ1v) is 8.77. The minimum Gasteiger partial charge on any atom is -0.481 e. The summed E-state index contributed by atoms with van der Waals surface area (Å²) in [6.45, 7) is 4.06. The Bertz CT molecular complexity index is 779. The zero-order chi connectivity index (χ0) is 18.7. The van der Waals surface area contributed by atoms with Crippen LogP contribution in [0, 0.1) is 18.2 Å². The normalized spacial score (nSPS) is 23.9. The number of rotatable bonds is 6. The van der Waals surface area contributed by atoms with Gasteiger partial charge in [-0.05, 0) is 43.5 Å². The molecule has 140 valence electrons. The fourth-order valence-electron chi connectivity index (χ4n) is 3.66. The topological polar surface area (TPSA) is 78.6 Å². The van der Waals surface area contributed by atoms with E-state index in [1.165, 1.54) is 12.1 Å². The number of carboxylic acid groups (broad SMARTS) is 1. The van der Waals surface area contributed by atoms with Gasteiger partial charge >= 0.3 is 5.97 Å². The Hall–Kier alpha value is -2.25. The van der Waals surface area contributed by atoms with E-state index < -0.39 is 23.3 Å². The van der Waals surface area contributed by atoms with Crippen molar-refractivity contribution in [2.75, 3.05) is 19.6 Å². The Labute approximate surface area is 151 Å². The molecule has 1 saturated heterocycles. The molecule has 0 amide bonds. The summed E-state index contributed by atoms with van der Waals surface area (Å²) in [4.78, 5) is 14.1. The molecule has 1 aromatic carbocycles. The molecule has 6 nitrogen and oxygen atoms in total. The van der Waals surface area contributed by atoms with Gasteiger partial charge in [0.15, 0.2) is 0 Å². The predicted octanol–water partition coefficient (Wildman–Crippen LogP) is 1.71. The van der Waals surface area contributed by atoms with Gasteiger partial charge in [-0.15, -0.1) is 0 Å². The van der Waals surface area contributed by atoms with Crippen LogP contribution >= 0.6 is 0 Å². The number of nitrogens with zero attached hydrogens (tertiary/aromatic N) is 3. The van der Waals surface area contributed by atoms with E-state index in [4.69, 9.17) is 0 Å². The van der Waals surface area contributed by atoms with Crippen molar-refractivity contribution in [3.63, 3.8) is 0 Å². The molecule has 1 aliphatic rings. The number of piperidine rings is 1. The van der Waals surface area contributed by atoms with Crippen LogP contribution in [0.1, 0.15) is 17.7 Å². The molecule has 1 aliphatic heterocycles. The minimum absolute atomic E-state index is 0.0959. The SMILES string of the molecule is Cc1ccn(CCN2CC[C@@H](O)[C@](Cc3cccc(F)c3)(C(=O)O)C2)n1. The molecule has 0 aliphatic carbocycles. The fourth-order valence-corrected chi connectivity index (χ4v) is 3.66. The lowest BCUT2D eigenvalue weighted by molar-refractivity contribution is -0.163. The van der Waals surface area contributed by atoms with E-state index in [0.29, 0.717) is 31.6 Å². The lowest BCUT2D eigenvalue weighted by atomic mass is 9.73. The minimum atomic E-state index is -1.34. The molecule has 0 saturated carbocycles. The highest BCUT2D eigenvalue weighted by atomic mass is 19.1. The molecule has 3 rings (SSSR count). The van der Waals surface area contributed by atoms with Crippen molar-refractivity contribution in [1.29, 1.82) is 0 Å². The van der Waals surface area contributed by atoms with Gasteiger partial charge in [-0.25, -0.2) is 4.39 Å². The first kappa shape index (κ1) is 18.5. The number of aliphatic hydroxyl groups is 1. The number of aromatic nitrogens is 2. The average Bonchev–Trinajstić information content (AvgIpc) is 3.01. The average molecular weight is 361 g/mol. The number of benzene rings is 1. The van der Waals surface area contributed by atoms with Gasteiger partial charge in [0.1, 0.15) is 11.2 Å². The third-order valence-corrected chi connectivity index (χ3v) is 5.12. The predicted molar refractivity (Wildman–Crippen MR) is 94.2 cm³/mol. The quantitative estimate of drug-likeness (QED) is 0.819. The number of carboxylic acids is 1. The molecule has 0 spiro atoms. The van der Waals surface area contributed by atoms with Gasteiger partial charge in [-0.1, -0.05) is 12.1 Å². The summed E-state index contributed by atoms with van der Waals surface area (Å²) < 4.78 is 15.3. The van der Waals surface area contributed by atoms with E-state index in [-0.39, 0.29) is 13.0 Å². The smallest absolute Gasteiger partial charge is 0.313 e. The summed E-state index contributed by atoms with van der Waals surface area (Å²) in [6, 6.07) is 7.85. The second-order valence-corrected chi connectivity index (χ2v) is 7.07. The van der Waals surface area contributed by atoms with Gasteiger partial charge in [0.2, 0.25) is 0 Å². The highest BCUT2D eigenvalue weighted by Gasteiger charge is 2.49. The molecule has 2 N–H and O–H groups in total. The summed E-state index contributed by atoms with van der Waals surface area (Å²) in [5.74, 6) is -1.45. The van der Waals surface area contributed by atoms with Crippen molar-refractivity contribution in [3.05, 3.63) is 53.6 Å². The van der Waals surface area contributed by atoms with E-state index in [1.807, 2.05) is 28.8 Å². The maximum absolute atomic E-state index is 13.5. The first-order valence-electron chi connectivity index (χ1n) is 8.77. The van der Waals surface area contributed by atoms with Gasteiger partial charge in [0, 0.05) is 25.8 Å². The highest BCUT2D eigenvalue weighted by Crippen LogP contribution is 2.34. The number of halogens is 1. The van der Waals surface area contributed by atoms with Crippen molar-refractivity contribution in [2.24, 2.45) is 5.41 Å². The molecule has 7 heteroatoms. The molecule has 0 bridgehead atoms. The number of likely N-dealkylation sites (tertiary alicyclic amines) is 1. The van der Waals surface area contributed by atoms with Crippen LogP contribution in [0.4, 0.5) is 4.39 Å². The number of aliphatic carboxylic acids is 1. The Morgan fingerprint density at radius 1 is 1.38 bits per heavy atom. The van der Waals surface area contributed by atoms with Crippen LogP contribution < -0.4 is 0 Å². The van der Waals surface area contributed by atoms with E-state index in [9.17, 15) is 19.4 Å². The maximum atomic E-state index is 13.5. The third kappa shape index (κ3) is 3.94. The number of hydrogen-bond donors (Lipinski definition) is 2. The summed E-state index contributed by atoms with van der Waals surface area (Å²) in [7, 11) is 0. The van der Waals surface area contributed by atoms with E-state index in [0.717, 1.165) is 5.69 Å². The van der Waals surface area contributed by atoms with Gasteiger partial charge in [0.25, 0.3) is 0 Å². The van der Waals surface area contributed by atoms with Gasteiger partial charge in [0.05, 0.1) is 18.3 Å². The lowest BCUT2D eigenvalue weighted by Gasteiger charge is -2.43. The van der Waals surface area contributed by atoms with Crippen molar-refractivity contribution in [3.8, 4) is 0 Å². The summed E-state index contributed by atoms with van der Waals surface area (Å²) in [5, 5.41) is 24.7. The summed E-state index contributed by atoms with van der Waals surface area (Å²) >= 11 is 0. The van der Waals surface area contributed by atoms with Crippen LogP contribution in [0.5, 0.6) is 0 Å². The fraction of sp³-hybridized carbons (Fsp3) is 0.474. The second kappa shape index (κ2) is 7.55. The van der Waals surface area contributed by atoms with Gasteiger partial charge in [-0.2, -0.15) is 5.10 Å². The molecule has 2 aromatic rings. The molecular weight excluding hydrogens is 337 g/mol. The molecule has 2 atom stereocenters. The second-order valence-electron chi connectivity index (χ2n) is 7.07. The maximum Gasteiger partial charge on any atom is 0.313 e. The Morgan fingerprint density at radius 3 is 2.85 bits per heavy atom. The summed E-state index contributed by atoms with van der Waals surface area (Å²) in [5.41, 5.74) is 0.174. The monoisotopic (exact) mass is 361 g/mol. The molecule has 1 fully saturated rings. The number of carbonyl (C=O) groups is 1. The van der Waals surface area contributed by atoms with Gasteiger partial charge in [-0.3, -0.25) is 9.48 Å². The molecular formula is C19H24FN3O3. The van der Waals surface area contributed by atoms with Crippen molar-refractivity contribution in [2.45, 2.75) is 32.4 Å². The van der Waals surface area contributed by atoms with Crippen LogP contribution in [0.25, 0.3) is 0 Å². The van der Waals surface area contributed by atoms with Crippen molar-refractivity contribution < 1.29 is 19.4 Å². The van der Waals surface area contributed by atoms with E-state index in [2.05, 4.69) is 5.10 Å². The number of hydrogen-bond acceptors (Lipinski definition) is 4. The van der Waals surface area contributed by atoms with Crippen LogP contribution in [-0.2, 0) is 17.8 Å². The number of aryl methyl sites for hydroxylation is 1. The van der Waals surface area contributed by atoms with Crippen molar-refractivity contribution in [1.82, 2.24) is 14.7 Å². The third-order valence-electron chi connectivity index (χ3n) is 5.12. The van der Waals surface area contributed by atoms with Crippen LogP contribution in [0.2, 0.25) is 0 Å². The Balaban J connectivity index is 1.75. The zero-order valence-corrected chi connectivity index (χ0v) is 14.8. The Kier molecular flexibility index (Phi) is 5.38. The van der Waals surface area contributed by atoms with E-state index in [1.54, 1.807) is 12.1 Å². The molecule has 0 radical (unpaired) electrons. The molecule has 1 aromatic heterocycles. The van der Waals surface area contributed by atoms with Crippen molar-refractivity contribution >= 4 is 5.97 Å². The molecule has 0 unspecified atom stereocenters. The Morgan fingerprint density at radius 2 is 2.19 bits per heavy atom. The molecule has 2 heterocycles. The van der Waals surface area contributed by atoms with Crippen LogP contribution in [0.15, 0.2) is 36.5 Å². The summed E-state index contributed by atoms with van der Waals surface area (Å²) in [6.07, 6.45) is 1.40. The van der Waals surface area contributed by atoms with Gasteiger partial charge < -0.3 is 15.1 Å². The van der Waals surface area contributed by atoms with Crippen LogP contribution in [-0.4, -0.2) is 56.6 Å². The zero-order valence-electron chi connectivity index (χ0n) is 14.8. The van der Waals surface area contributed by atoms with E-state index >= 15 is 0 Å². The van der Waals surface area contributed by atoms with Crippen LogP contribution in [0.3, 0.4) is 0 Å². The largest absolute Gasteiger partial charge is 0.481 e.